The van der Waals surface area contributed by atoms with Crippen LogP contribution in [0.4, 0.5) is 10.1 Å². The fourth-order valence-corrected chi connectivity index (χ4v) is 3.74. The maximum atomic E-state index is 14.0. The first-order chi connectivity index (χ1) is 15.3. The molecule has 0 spiro atoms. The van der Waals surface area contributed by atoms with Crippen molar-refractivity contribution >= 4 is 23.1 Å². The summed E-state index contributed by atoms with van der Waals surface area (Å²) in [6, 6.07) is 11.9. The molecule has 1 aliphatic rings. The minimum Gasteiger partial charge on any atom is -0.507 e. The number of aliphatic hydroxyl groups is 1. The van der Waals surface area contributed by atoms with Crippen LogP contribution in [0.15, 0.2) is 66.4 Å². The Kier molecular flexibility index (Phi) is 5.36. The molecule has 0 bridgehead atoms. The van der Waals surface area contributed by atoms with Crippen LogP contribution < -0.4 is 9.64 Å². The van der Waals surface area contributed by atoms with Gasteiger partial charge in [0.15, 0.2) is 0 Å². The first kappa shape index (κ1) is 21.0. The molecule has 4 rings (SSSR count). The summed E-state index contributed by atoms with van der Waals surface area (Å²) in [5.41, 5.74) is 0.738. The molecule has 0 aliphatic carbocycles. The average Bonchev–Trinajstić information content (AvgIpc) is 3.06. The van der Waals surface area contributed by atoms with Crippen LogP contribution in [0.5, 0.6) is 11.5 Å². The number of aryl methyl sites for hydroxylation is 1. The van der Waals surface area contributed by atoms with E-state index in [1.807, 2.05) is 0 Å². The monoisotopic (exact) mass is 434 g/mol. The van der Waals surface area contributed by atoms with E-state index in [4.69, 9.17) is 4.74 Å². The largest absolute Gasteiger partial charge is 0.507 e. The van der Waals surface area contributed by atoms with Crippen molar-refractivity contribution in [3.63, 3.8) is 0 Å². The third-order valence-electron chi connectivity index (χ3n) is 5.22. The van der Waals surface area contributed by atoms with E-state index in [9.17, 15) is 24.2 Å². The van der Waals surface area contributed by atoms with E-state index in [0.29, 0.717) is 0 Å². The number of ketones is 1. The first-order valence-corrected chi connectivity index (χ1v) is 9.69. The molecular formula is C24H19FN2O5. The highest BCUT2D eigenvalue weighted by atomic mass is 19.1. The predicted octanol–water partition coefficient (Wildman–Crippen LogP) is 3.87. The molecule has 2 heterocycles. The van der Waals surface area contributed by atoms with Crippen molar-refractivity contribution in [2.24, 2.45) is 0 Å². The summed E-state index contributed by atoms with van der Waals surface area (Å²) in [5.74, 6) is -3.32. The number of carbonyl (C=O) groups is 2. The zero-order valence-electron chi connectivity index (χ0n) is 17.2. The van der Waals surface area contributed by atoms with Gasteiger partial charge in [0.1, 0.15) is 29.1 Å². The Morgan fingerprint density at radius 1 is 1.12 bits per heavy atom. The summed E-state index contributed by atoms with van der Waals surface area (Å²) >= 11 is 0. The van der Waals surface area contributed by atoms with Gasteiger partial charge in [0.25, 0.3) is 11.7 Å². The highest BCUT2D eigenvalue weighted by Crippen LogP contribution is 2.45. The highest BCUT2D eigenvalue weighted by molar-refractivity contribution is 6.51. The molecule has 8 heteroatoms. The van der Waals surface area contributed by atoms with Crippen molar-refractivity contribution in [1.29, 1.82) is 0 Å². The fraction of sp³-hybridized carbons (Fsp3) is 0.125. The van der Waals surface area contributed by atoms with Gasteiger partial charge < -0.3 is 14.9 Å². The first-order valence-electron chi connectivity index (χ1n) is 9.69. The van der Waals surface area contributed by atoms with Crippen molar-refractivity contribution in [2.45, 2.75) is 13.0 Å². The number of methoxy groups -OCH3 is 1. The molecule has 1 aliphatic heterocycles. The number of hydrogen-bond donors (Lipinski definition) is 2. The Hall–Kier alpha value is -4.20. The lowest BCUT2D eigenvalue weighted by Crippen LogP contribution is -2.30. The van der Waals surface area contributed by atoms with Gasteiger partial charge in [-0.05, 0) is 55.0 Å². The quantitative estimate of drug-likeness (QED) is 0.367. The number of halogens is 1. The predicted molar refractivity (Wildman–Crippen MR) is 115 cm³/mol. The third kappa shape index (κ3) is 3.45. The molecule has 0 saturated carbocycles. The van der Waals surface area contributed by atoms with Gasteiger partial charge in [-0.3, -0.25) is 19.5 Å². The molecular weight excluding hydrogens is 415 g/mol. The van der Waals surface area contributed by atoms with Gasteiger partial charge in [-0.1, -0.05) is 12.1 Å². The summed E-state index contributed by atoms with van der Waals surface area (Å²) in [6.45, 7) is 1.77. The Bertz CT molecular complexity index is 1260. The lowest BCUT2D eigenvalue weighted by atomic mass is 9.97. The van der Waals surface area contributed by atoms with E-state index >= 15 is 0 Å². The van der Waals surface area contributed by atoms with Gasteiger partial charge in [-0.2, -0.15) is 0 Å². The van der Waals surface area contributed by atoms with Gasteiger partial charge >= 0.3 is 0 Å². The molecule has 1 atom stereocenters. The summed E-state index contributed by atoms with van der Waals surface area (Å²) in [5, 5.41) is 21.6. The van der Waals surface area contributed by atoms with Gasteiger partial charge in [0.2, 0.25) is 0 Å². The number of Topliss-reactive ketones (excluding diaryl/α,β-unsaturated/α-hetero) is 1. The maximum Gasteiger partial charge on any atom is 0.300 e. The number of aliphatic hydroxyl groups excluding tert-OH is 1. The van der Waals surface area contributed by atoms with E-state index in [1.165, 1.54) is 25.4 Å². The highest BCUT2D eigenvalue weighted by Gasteiger charge is 2.48. The number of anilines is 1. The van der Waals surface area contributed by atoms with Crippen LogP contribution in [-0.2, 0) is 9.59 Å². The molecule has 2 N–H and O–H groups in total. The van der Waals surface area contributed by atoms with Crippen molar-refractivity contribution in [2.75, 3.05) is 12.0 Å². The molecule has 2 aromatic carbocycles. The molecule has 7 nitrogen and oxygen atoms in total. The molecule has 1 amide bonds. The van der Waals surface area contributed by atoms with Gasteiger partial charge in [-0.15, -0.1) is 0 Å². The van der Waals surface area contributed by atoms with Crippen molar-refractivity contribution in [1.82, 2.24) is 4.98 Å². The second-order valence-corrected chi connectivity index (χ2v) is 7.26. The lowest BCUT2D eigenvalue weighted by molar-refractivity contribution is -0.132. The van der Waals surface area contributed by atoms with Crippen LogP contribution in [-0.4, -0.2) is 34.0 Å². The smallest absolute Gasteiger partial charge is 0.300 e. The number of amides is 1. The topological polar surface area (TPSA) is 100.0 Å². The summed E-state index contributed by atoms with van der Waals surface area (Å²) in [7, 11) is 1.34. The lowest BCUT2D eigenvalue weighted by Gasteiger charge is -2.25. The average molecular weight is 434 g/mol. The van der Waals surface area contributed by atoms with Crippen LogP contribution >= 0.6 is 0 Å². The van der Waals surface area contributed by atoms with Crippen molar-refractivity contribution < 1.29 is 28.9 Å². The normalized spacial score (nSPS) is 17.6. The number of pyridine rings is 1. The molecule has 1 fully saturated rings. The second kappa shape index (κ2) is 8.14. The van der Waals surface area contributed by atoms with Gasteiger partial charge in [0, 0.05) is 6.20 Å². The van der Waals surface area contributed by atoms with Crippen LogP contribution in [0.25, 0.3) is 5.76 Å². The zero-order valence-corrected chi connectivity index (χ0v) is 17.2. The summed E-state index contributed by atoms with van der Waals surface area (Å²) in [6.07, 6.45) is 1.48. The SMILES string of the molecule is COc1ccc(F)cc1/C(O)=C1\C(=O)C(=O)N(c2cc(C)ccc2O)C1c1ccccn1. The van der Waals surface area contributed by atoms with E-state index in [0.717, 1.165) is 22.6 Å². The number of phenols is 1. The number of phenolic OH excluding ortho intramolecular Hbond substituents is 1. The molecule has 1 aromatic heterocycles. The van der Waals surface area contributed by atoms with E-state index in [2.05, 4.69) is 4.98 Å². The fourth-order valence-electron chi connectivity index (χ4n) is 3.74. The summed E-state index contributed by atoms with van der Waals surface area (Å²) in [4.78, 5) is 31.6. The van der Waals surface area contributed by atoms with Crippen molar-refractivity contribution in [3.8, 4) is 11.5 Å². The number of hydrogen-bond acceptors (Lipinski definition) is 6. The van der Waals surface area contributed by atoms with Crippen LogP contribution in [0.3, 0.4) is 0 Å². The van der Waals surface area contributed by atoms with E-state index < -0.39 is 29.3 Å². The number of aromatic hydroxyl groups is 1. The van der Waals surface area contributed by atoms with Crippen LogP contribution in [0, 0.1) is 12.7 Å². The minimum absolute atomic E-state index is 0.0834. The molecule has 1 saturated heterocycles. The Morgan fingerprint density at radius 2 is 1.91 bits per heavy atom. The minimum atomic E-state index is -1.16. The number of carbonyl (C=O) groups excluding carboxylic acids is 2. The molecule has 32 heavy (non-hydrogen) atoms. The molecule has 0 radical (unpaired) electrons. The summed E-state index contributed by atoms with van der Waals surface area (Å²) < 4.78 is 19.2. The Labute approximate surface area is 183 Å². The molecule has 162 valence electrons. The number of ether oxygens (including phenoxy) is 1. The Balaban J connectivity index is 2.01. The Morgan fingerprint density at radius 3 is 2.59 bits per heavy atom. The number of aromatic nitrogens is 1. The van der Waals surface area contributed by atoms with Crippen molar-refractivity contribution in [3.05, 3.63) is 89.0 Å². The van der Waals surface area contributed by atoms with E-state index in [1.54, 1.807) is 37.3 Å². The third-order valence-corrected chi connectivity index (χ3v) is 5.22. The maximum absolute atomic E-state index is 14.0. The van der Waals surface area contributed by atoms with E-state index in [-0.39, 0.29) is 34.0 Å². The molecule has 3 aromatic rings. The van der Waals surface area contributed by atoms with Crippen LogP contribution in [0.2, 0.25) is 0 Å². The number of benzene rings is 2. The standard InChI is InChI=1S/C24H19FN2O5/c1-13-6-8-18(28)17(11-13)27-21(16-5-3-4-10-26-16)20(23(30)24(27)31)22(29)15-12-14(25)7-9-19(15)32-2/h3-12,21,28-29H,1-2H3/b22-20+. The number of nitrogens with zero attached hydrogens (tertiary/aromatic N) is 2. The van der Waals surface area contributed by atoms with Gasteiger partial charge in [0.05, 0.1) is 29.6 Å². The number of rotatable bonds is 4. The molecule has 1 unspecified atom stereocenters. The van der Waals surface area contributed by atoms with Gasteiger partial charge in [-0.25, -0.2) is 4.39 Å². The van der Waals surface area contributed by atoms with Crippen LogP contribution in [0.1, 0.15) is 22.9 Å². The zero-order chi connectivity index (χ0) is 23.0. The second-order valence-electron chi connectivity index (χ2n) is 7.26.